The molecule has 1 amide bonds. The molecule has 3 aliphatic heterocycles. The highest BCUT2D eigenvalue weighted by Crippen LogP contribution is 2.44. The van der Waals surface area contributed by atoms with E-state index in [2.05, 4.69) is 4.98 Å². The van der Waals surface area contributed by atoms with Crippen molar-refractivity contribution < 1.29 is 47.6 Å². The number of fused-ring (bicyclic) bond motifs is 2. The number of aliphatic hydroxyl groups excluding tert-OH is 1. The van der Waals surface area contributed by atoms with Gasteiger partial charge in [0.1, 0.15) is 12.2 Å². The lowest BCUT2D eigenvalue weighted by molar-refractivity contribution is -0.298. The van der Waals surface area contributed by atoms with Crippen LogP contribution in [-0.2, 0) is 39.7 Å². The van der Waals surface area contributed by atoms with Crippen molar-refractivity contribution in [1.82, 2.24) is 19.9 Å². The number of aromatic nitrogens is 1. The van der Waals surface area contributed by atoms with Crippen LogP contribution in [0.3, 0.4) is 0 Å². The van der Waals surface area contributed by atoms with Crippen LogP contribution in [0.15, 0.2) is 36.5 Å². The number of ketones is 1. The van der Waals surface area contributed by atoms with Crippen LogP contribution in [-0.4, -0.2) is 143 Å². The zero-order chi connectivity index (χ0) is 43.8. The predicted octanol–water partition coefficient (Wildman–Crippen LogP) is 5.07. The van der Waals surface area contributed by atoms with E-state index >= 15 is 4.39 Å². The number of rotatable bonds is 10. The Morgan fingerprint density at radius 2 is 1.73 bits per heavy atom. The van der Waals surface area contributed by atoms with Crippen LogP contribution in [0, 0.1) is 17.8 Å². The number of nitrogens with two attached hydrogens (primary N) is 1. The molecule has 1 aromatic carbocycles. The quantitative estimate of drug-likeness (QED) is 0.186. The minimum Gasteiger partial charge on any atom is -0.456 e. The first kappa shape index (κ1) is 46.8. The van der Waals surface area contributed by atoms with E-state index in [0.717, 1.165) is 23.4 Å². The van der Waals surface area contributed by atoms with E-state index in [1.54, 1.807) is 25.2 Å². The van der Waals surface area contributed by atoms with Crippen LogP contribution >= 0.6 is 0 Å². The largest absolute Gasteiger partial charge is 0.456 e. The molecule has 3 fully saturated rings. The van der Waals surface area contributed by atoms with Gasteiger partial charge in [-0.2, -0.15) is 0 Å². The summed E-state index contributed by atoms with van der Waals surface area (Å²) in [6, 6.07) is 8.23. The SMILES string of the molecule is CCN(C)N1C(=O)O[C@]2(C)[C@H](C)OC(=O)C(C)(F)C(=O)[C@H](C)[C@@H](O[C@@H]3O[C@H](C)C[C@H](N(C)C)[C@H]3O)[C@@](C)(OCCCc3cccc4cccnc34)C[C@@H](C)C(N)[C@@H](C)[C@@H]12. The fourth-order valence-electron chi connectivity index (χ4n) is 9.57. The molecule has 15 heteroatoms. The molecule has 0 spiro atoms. The van der Waals surface area contributed by atoms with Gasteiger partial charge in [0.15, 0.2) is 17.7 Å². The number of halogens is 1. The molecule has 0 radical (unpaired) electrons. The first-order chi connectivity index (χ1) is 27.6. The third-order valence-electron chi connectivity index (χ3n) is 13.4. The van der Waals surface area contributed by atoms with Gasteiger partial charge in [-0.1, -0.05) is 52.0 Å². The van der Waals surface area contributed by atoms with Crippen LogP contribution in [0.25, 0.3) is 10.9 Å². The fourth-order valence-corrected chi connectivity index (χ4v) is 9.57. The fraction of sp³-hybridized carbons (Fsp3) is 0.727. The molecule has 4 heterocycles. The molecule has 3 saturated heterocycles. The monoisotopic (exact) mass is 830 g/mol. The number of pyridine rings is 1. The number of amides is 1. The van der Waals surface area contributed by atoms with Crippen molar-refractivity contribution in [2.24, 2.45) is 23.5 Å². The number of benzene rings is 1. The molecular weight excluding hydrogens is 762 g/mol. The number of para-hydroxylation sites is 1. The molecular formula is C44H68FN5O9. The topological polar surface area (TPSA) is 166 Å². The van der Waals surface area contributed by atoms with Crippen molar-refractivity contribution >= 4 is 28.7 Å². The third kappa shape index (κ3) is 9.31. The van der Waals surface area contributed by atoms with E-state index in [1.807, 2.05) is 83.9 Å². The number of aliphatic hydroxyl groups is 1. The van der Waals surface area contributed by atoms with Gasteiger partial charge in [-0.05, 0) is 97.9 Å². The standard InChI is InChI=1S/C44H68FN5O9/c1-13-49(12)50-36-27(4)33(46)25(2)24-42(7,55-22-16-20-31-18-14-17-30-19-15-21-47-34(30)31)38(58-39-35(51)32(48(10)11)23-26(3)56-39)28(5)37(52)43(8,45)40(53)57-29(6)44(36,9)59-41(50)54/h14-15,17-19,21,25-29,32-33,35-36,38-39,51H,13,16,20,22-24,46H2,1-12H3/t25-,26-,27-,28+,29+,32+,33?,35-,36-,38-,39+,42+,43?,44-/m1/s1. The summed E-state index contributed by atoms with van der Waals surface area (Å²) in [5.74, 6) is -4.68. The summed E-state index contributed by atoms with van der Waals surface area (Å²) in [6.45, 7) is 15.7. The Kier molecular flexibility index (Phi) is 14.5. The number of nitrogens with zero attached hydrogens (tertiary/aromatic N) is 4. The number of carbonyl (C=O) groups is 3. The maximum Gasteiger partial charge on any atom is 0.425 e. The van der Waals surface area contributed by atoms with Crippen LogP contribution in [0.4, 0.5) is 9.18 Å². The van der Waals surface area contributed by atoms with Crippen LogP contribution in [0.5, 0.6) is 0 Å². The average Bonchev–Trinajstić information content (AvgIpc) is 3.47. The van der Waals surface area contributed by atoms with E-state index < -0.39 is 83.2 Å². The molecule has 330 valence electrons. The van der Waals surface area contributed by atoms with Gasteiger partial charge in [-0.3, -0.25) is 9.78 Å². The minimum absolute atomic E-state index is 0.202. The summed E-state index contributed by atoms with van der Waals surface area (Å²) in [5.41, 5.74) is 3.16. The summed E-state index contributed by atoms with van der Waals surface area (Å²) >= 11 is 0. The number of hydrogen-bond acceptors (Lipinski definition) is 13. The molecule has 3 N–H and O–H groups in total. The number of Topliss-reactive ketones (excluding diaryl/α,β-unsaturated/α-hetero) is 1. The highest BCUT2D eigenvalue weighted by Gasteiger charge is 2.62. The van der Waals surface area contributed by atoms with Gasteiger partial charge in [-0.25, -0.2) is 24.0 Å². The predicted molar refractivity (Wildman–Crippen MR) is 221 cm³/mol. The highest BCUT2D eigenvalue weighted by atomic mass is 19.1. The Morgan fingerprint density at radius 1 is 1.05 bits per heavy atom. The second-order valence-corrected chi connectivity index (χ2v) is 18.0. The normalized spacial score (nSPS) is 39.0. The van der Waals surface area contributed by atoms with Gasteiger partial charge in [0.05, 0.1) is 29.4 Å². The Labute approximate surface area is 349 Å². The van der Waals surface area contributed by atoms with Crippen LogP contribution < -0.4 is 5.73 Å². The molecule has 3 aliphatic rings. The molecule has 59 heavy (non-hydrogen) atoms. The highest BCUT2D eigenvalue weighted by molar-refractivity contribution is 6.07. The van der Waals surface area contributed by atoms with Gasteiger partial charge in [-0.15, -0.1) is 0 Å². The smallest absolute Gasteiger partial charge is 0.425 e. The Hall–Kier alpha value is -3.31. The molecule has 0 aliphatic carbocycles. The average molecular weight is 830 g/mol. The van der Waals surface area contributed by atoms with E-state index in [9.17, 15) is 19.5 Å². The van der Waals surface area contributed by atoms with E-state index in [-0.39, 0.29) is 31.1 Å². The van der Waals surface area contributed by atoms with E-state index in [1.165, 1.54) is 18.9 Å². The Bertz CT molecular complexity index is 1800. The van der Waals surface area contributed by atoms with Crippen molar-refractivity contribution in [2.45, 2.75) is 154 Å². The van der Waals surface area contributed by atoms with Crippen molar-refractivity contribution in [3.63, 3.8) is 0 Å². The molecule has 5 rings (SSSR count). The number of hydrazine groups is 1. The first-order valence-electron chi connectivity index (χ1n) is 21.1. The number of esters is 1. The summed E-state index contributed by atoms with van der Waals surface area (Å²) in [6.07, 6.45) is -2.10. The molecule has 0 bridgehead atoms. The lowest BCUT2D eigenvalue weighted by Gasteiger charge is -2.48. The van der Waals surface area contributed by atoms with Crippen LogP contribution in [0.2, 0.25) is 0 Å². The number of hydrogen-bond donors (Lipinski definition) is 2. The zero-order valence-electron chi connectivity index (χ0n) is 37.0. The zero-order valence-corrected chi connectivity index (χ0v) is 37.0. The molecule has 2 unspecified atom stereocenters. The Balaban J connectivity index is 1.59. The van der Waals surface area contributed by atoms with Gasteiger partial charge in [0.2, 0.25) is 0 Å². The Morgan fingerprint density at radius 3 is 2.39 bits per heavy atom. The van der Waals surface area contributed by atoms with Gasteiger partial charge in [0.25, 0.3) is 5.67 Å². The number of alkyl halides is 1. The lowest BCUT2D eigenvalue weighted by atomic mass is 9.72. The van der Waals surface area contributed by atoms with Crippen molar-refractivity contribution in [3.8, 4) is 0 Å². The van der Waals surface area contributed by atoms with Gasteiger partial charge >= 0.3 is 12.1 Å². The minimum atomic E-state index is -3.16. The maximum atomic E-state index is 17.0. The van der Waals surface area contributed by atoms with E-state index in [0.29, 0.717) is 25.8 Å². The molecule has 14 atom stereocenters. The van der Waals surface area contributed by atoms with Gasteiger partial charge in [0, 0.05) is 49.8 Å². The maximum absolute atomic E-state index is 17.0. The number of aryl methyl sites for hydroxylation is 1. The van der Waals surface area contributed by atoms with Crippen molar-refractivity contribution in [3.05, 3.63) is 42.1 Å². The van der Waals surface area contributed by atoms with Crippen molar-refractivity contribution in [2.75, 3.05) is 34.3 Å². The second kappa shape index (κ2) is 18.3. The number of likely N-dealkylation sites (N-methyl/N-ethyl adjacent to an activating group) is 1. The van der Waals surface area contributed by atoms with Gasteiger partial charge < -0.3 is 39.4 Å². The molecule has 1 aromatic heterocycles. The summed E-state index contributed by atoms with van der Waals surface area (Å²) in [4.78, 5) is 48.6. The van der Waals surface area contributed by atoms with E-state index in [4.69, 9.17) is 29.4 Å². The number of ether oxygens (including phenoxy) is 5. The first-order valence-corrected chi connectivity index (χ1v) is 21.1. The van der Waals surface area contributed by atoms with Crippen LogP contribution in [0.1, 0.15) is 87.1 Å². The second-order valence-electron chi connectivity index (χ2n) is 18.0. The number of cyclic esters (lactones) is 1. The molecule has 0 saturated carbocycles. The molecule has 14 nitrogen and oxygen atoms in total. The number of carbonyl (C=O) groups excluding carboxylic acids is 3. The summed E-state index contributed by atoms with van der Waals surface area (Å²) < 4.78 is 48.7. The third-order valence-corrected chi connectivity index (χ3v) is 13.4. The lowest BCUT2D eigenvalue weighted by Crippen LogP contribution is -2.63. The summed E-state index contributed by atoms with van der Waals surface area (Å²) in [5, 5.41) is 15.9. The molecule has 2 aromatic rings. The van der Waals surface area contributed by atoms with Crippen molar-refractivity contribution in [1.29, 1.82) is 0 Å². The summed E-state index contributed by atoms with van der Waals surface area (Å²) in [7, 11) is 5.46.